The third kappa shape index (κ3) is 6.05. The van der Waals surface area contributed by atoms with Crippen molar-refractivity contribution in [2.45, 2.75) is 19.6 Å². The van der Waals surface area contributed by atoms with Crippen LogP contribution in [0.4, 0.5) is 4.39 Å². The number of rotatable bonds is 9. The van der Waals surface area contributed by atoms with E-state index in [1.54, 1.807) is 35.2 Å². The molecule has 1 amide bonds. The molecule has 0 aliphatic rings. The van der Waals surface area contributed by atoms with Crippen molar-refractivity contribution in [3.8, 4) is 5.75 Å². The first-order valence-electron chi connectivity index (χ1n) is 9.77. The van der Waals surface area contributed by atoms with Crippen molar-refractivity contribution in [1.82, 2.24) is 4.90 Å². The Morgan fingerprint density at radius 1 is 0.967 bits per heavy atom. The molecule has 4 nitrogen and oxygen atoms in total. The van der Waals surface area contributed by atoms with E-state index in [0.717, 1.165) is 11.1 Å². The van der Waals surface area contributed by atoms with E-state index in [1.165, 1.54) is 12.1 Å². The van der Waals surface area contributed by atoms with E-state index < -0.39 is 0 Å². The van der Waals surface area contributed by atoms with Crippen LogP contribution < -0.4 is 10.5 Å². The van der Waals surface area contributed by atoms with E-state index in [-0.39, 0.29) is 18.3 Å². The maximum Gasteiger partial charge on any atom is 0.257 e. The molecule has 0 unspecified atom stereocenters. The van der Waals surface area contributed by atoms with Gasteiger partial charge in [0, 0.05) is 18.1 Å². The molecule has 0 radical (unpaired) electrons. The van der Waals surface area contributed by atoms with Gasteiger partial charge in [-0.25, -0.2) is 4.39 Å². The monoisotopic (exact) mass is 426 g/mol. The van der Waals surface area contributed by atoms with Crippen LogP contribution in [0.2, 0.25) is 5.02 Å². The molecule has 0 aliphatic heterocycles. The molecule has 0 atom stereocenters. The van der Waals surface area contributed by atoms with E-state index in [9.17, 15) is 9.18 Å². The number of halogens is 2. The zero-order valence-electron chi connectivity index (χ0n) is 16.6. The number of carbonyl (C=O) groups is 1. The molecule has 30 heavy (non-hydrogen) atoms. The number of nitrogens with two attached hydrogens (primary N) is 1. The minimum Gasteiger partial charge on any atom is -0.488 e. The Balaban J connectivity index is 1.77. The van der Waals surface area contributed by atoms with Gasteiger partial charge in [-0.3, -0.25) is 4.79 Å². The summed E-state index contributed by atoms with van der Waals surface area (Å²) < 4.78 is 19.0. The Hall–Kier alpha value is -2.89. The number of carbonyl (C=O) groups excluding carboxylic acids is 1. The lowest BCUT2D eigenvalue weighted by Gasteiger charge is -2.24. The summed E-state index contributed by atoms with van der Waals surface area (Å²) in [7, 11) is 0. The topological polar surface area (TPSA) is 55.6 Å². The first kappa shape index (κ1) is 21.8. The fourth-order valence-corrected chi connectivity index (χ4v) is 3.15. The van der Waals surface area contributed by atoms with Gasteiger partial charge in [-0.1, -0.05) is 48.0 Å². The Bertz CT molecular complexity index is 962. The fraction of sp³-hybridized carbons (Fsp3) is 0.208. The summed E-state index contributed by atoms with van der Waals surface area (Å²) in [6.07, 6.45) is 0.692. The molecule has 0 aromatic heterocycles. The average Bonchev–Trinajstić information content (AvgIpc) is 2.77. The lowest BCUT2D eigenvalue weighted by atomic mass is 10.1. The van der Waals surface area contributed by atoms with Gasteiger partial charge < -0.3 is 15.4 Å². The number of benzene rings is 3. The molecular formula is C24H24ClFN2O2. The Morgan fingerprint density at radius 2 is 1.63 bits per heavy atom. The van der Waals surface area contributed by atoms with Gasteiger partial charge in [0.1, 0.15) is 18.2 Å². The van der Waals surface area contributed by atoms with Gasteiger partial charge in [0.25, 0.3) is 5.91 Å². The zero-order chi connectivity index (χ0) is 21.3. The molecule has 2 N–H and O–H groups in total. The normalized spacial score (nSPS) is 10.6. The number of amides is 1. The van der Waals surface area contributed by atoms with Crippen LogP contribution in [0.3, 0.4) is 0 Å². The van der Waals surface area contributed by atoms with Crippen LogP contribution in [-0.2, 0) is 13.2 Å². The van der Waals surface area contributed by atoms with Crippen molar-refractivity contribution in [3.63, 3.8) is 0 Å². The highest BCUT2D eigenvalue weighted by Gasteiger charge is 2.20. The largest absolute Gasteiger partial charge is 0.488 e. The Morgan fingerprint density at radius 3 is 2.33 bits per heavy atom. The number of hydrogen-bond donors (Lipinski definition) is 1. The van der Waals surface area contributed by atoms with Crippen LogP contribution >= 0.6 is 11.6 Å². The van der Waals surface area contributed by atoms with Crippen LogP contribution in [0, 0.1) is 5.82 Å². The highest BCUT2D eigenvalue weighted by Crippen LogP contribution is 2.23. The van der Waals surface area contributed by atoms with Crippen molar-refractivity contribution in [2.24, 2.45) is 5.73 Å². The number of para-hydroxylation sites is 1. The second kappa shape index (κ2) is 10.8. The predicted molar refractivity (Wildman–Crippen MR) is 117 cm³/mol. The second-order valence-electron chi connectivity index (χ2n) is 6.91. The first-order chi connectivity index (χ1) is 14.6. The lowest BCUT2D eigenvalue weighted by Crippen LogP contribution is -2.32. The predicted octanol–water partition coefficient (Wildman–Crippen LogP) is 5.05. The number of nitrogens with zero attached hydrogens (tertiary/aromatic N) is 1. The van der Waals surface area contributed by atoms with Crippen LogP contribution in [0.5, 0.6) is 5.75 Å². The summed E-state index contributed by atoms with van der Waals surface area (Å²) in [5, 5.41) is 0.651. The number of ether oxygens (including phenoxy) is 1. The van der Waals surface area contributed by atoms with Crippen LogP contribution in [0.15, 0.2) is 72.8 Å². The van der Waals surface area contributed by atoms with E-state index in [1.807, 2.05) is 30.3 Å². The summed E-state index contributed by atoms with van der Waals surface area (Å²) >= 11 is 5.97. The molecule has 3 aromatic carbocycles. The Kier molecular flexibility index (Phi) is 7.82. The third-order valence-corrected chi connectivity index (χ3v) is 4.88. The SMILES string of the molecule is NCCCN(Cc1ccc(Cl)cc1)C(=O)c1ccccc1OCc1ccc(F)cc1. The molecule has 0 bridgehead atoms. The standard InChI is InChI=1S/C24H24ClFN2O2/c25-20-10-6-18(7-11-20)16-28(15-3-14-27)24(29)22-4-1-2-5-23(22)30-17-19-8-12-21(26)13-9-19/h1-2,4-13H,3,14-17,27H2. The zero-order valence-corrected chi connectivity index (χ0v) is 17.3. The van der Waals surface area contributed by atoms with Gasteiger partial charge in [-0.05, 0) is 60.5 Å². The summed E-state index contributed by atoms with van der Waals surface area (Å²) in [5.41, 5.74) is 7.95. The summed E-state index contributed by atoms with van der Waals surface area (Å²) in [4.78, 5) is 15.1. The molecule has 156 valence electrons. The highest BCUT2D eigenvalue weighted by atomic mass is 35.5. The molecule has 0 aliphatic carbocycles. The van der Waals surface area contributed by atoms with Crippen LogP contribution in [-0.4, -0.2) is 23.9 Å². The van der Waals surface area contributed by atoms with Gasteiger partial charge in [0.15, 0.2) is 0 Å². The first-order valence-corrected chi connectivity index (χ1v) is 10.1. The van der Waals surface area contributed by atoms with Crippen molar-refractivity contribution in [3.05, 3.63) is 100 Å². The minimum absolute atomic E-state index is 0.131. The van der Waals surface area contributed by atoms with Crippen molar-refractivity contribution in [1.29, 1.82) is 0 Å². The highest BCUT2D eigenvalue weighted by molar-refractivity contribution is 6.30. The van der Waals surface area contributed by atoms with Crippen LogP contribution in [0.25, 0.3) is 0 Å². The quantitative estimate of drug-likeness (QED) is 0.521. The third-order valence-electron chi connectivity index (χ3n) is 4.63. The molecular weight excluding hydrogens is 403 g/mol. The fourth-order valence-electron chi connectivity index (χ4n) is 3.03. The minimum atomic E-state index is -0.299. The van der Waals surface area contributed by atoms with Gasteiger partial charge in [0.05, 0.1) is 5.56 Å². The molecule has 0 saturated heterocycles. The maximum atomic E-state index is 13.3. The van der Waals surface area contributed by atoms with E-state index in [4.69, 9.17) is 22.1 Å². The van der Waals surface area contributed by atoms with E-state index in [2.05, 4.69) is 0 Å². The molecule has 0 fully saturated rings. The maximum absolute atomic E-state index is 13.3. The second-order valence-corrected chi connectivity index (χ2v) is 7.34. The van der Waals surface area contributed by atoms with Gasteiger partial charge in [0.2, 0.25) is 0 Å². The van der Waals surface area contributed by atoms with E-state index in [0.29, 0.717) is 42.4 Å². The number of hydrogen-bond acceptors (Lipinski definition) is 3. The van der Waals surface area contributed by atoms with E-state index >= 15 is 0 Å². The van der Waals surface area contributed by atoms with Crippen LogP contribution in [0.1, 0.15) is 27.9 Å². The molecule has 0 saturated carbocycles. The molecule has 3 rings (SSSR count). The summed E-state index contributed by atoms with van der Waals surface area (Å²) in [6, 6.07) is 20.7. The Labute approximate surface area is 181 Å². The smallest absolute Gasteiger partial charge is 0.257 e. The van der Waals surface area contributed by atoms with Gasteiger partial charge in [-0.15, -0.1) is 0 Å². The van der Waals surface area contributed by atoms with Gasteiger partial charge >= 0.3 is 0 Å². The van der Waals surface area contributed by atoms with Crippen molar-refractivity contribution >= 4 is 17.5 Å². The lowest BCUT2D eigenvalue weighted by molar-refractivity contribution is 0.0737. The van der Waals surface area contributed by atoms with Crippen molar-refractivity contribution in [2.75, 3.05) is 13.1 Å². The molecule has 0 heterocycles. The molecule has 0 spiro atoms. The van der Waals surface area contributed by atoms with Crippen molar-refractivity contribution < 1.29 is 13.9 Å². The summed E-state index contributed by atoms with van der Waals surface area (Å²) in [5.74, 6) is 0.0564. The molecule has 6 heteroatoms. The average molecular weight is 427 g/mol. The van der Waals surface area contributed by atoms with Gasteiger partial charge in [-0.2, -0.15) is 0 Å². The molecule has 3 aromatic rings. The summed E-state index contributed by atoms with van der Waals surface area (Å²) in [6.45, 7) is 1.71.